The Bertz CT molecular complexity index is 309. The monoisotopic (exact) mass is 190 g/mol. The van der Waals surface area contributed by atoms with Crippen LogP contribution in [0, 0.1) is 19.8 Å². The van der Waals surface area contributed by atoms with Gasteiger partial charge in [-0.05, 0) is 49.3 Å². The topological polar surface area (TPSA) is 38.0 Å². The first-order valence-electron chi connectivity index (χ1n) is 5.26. The standard InChI is InChI=1S/C12H18N2/c1-8-4-3-5-9(2)11(8)12(14-13)10-6-7-10/h3-5,10,12,14H,6-7,13H2,1-2H3. The minimum absolute atomic E-state index is 0.358. The Kier molecular flexibility index (Phi) is 2.57. The predicted molar refractivity (Wildman–Crippen MR) is 58.7 cm³/mol. The number of nitrogens with one attached hydrogen (secondary N) is 1. The van der Waals surface area contributed by atoms with Gasteiger partial charge in [0.2, 0.25) is 0 Å². The van der Waals surface area contributed by atoms with Crippen LogP contribution >= 0.6 is 0 Å². The highest BCUT2D eigenvalue weighted by Gasteiger charge is 2.32. The molecule has 1 aliphatic rings. The molecule has 0 aromatic heterocycles. The lowest BCUT2D eigenvalue weighted by molar-refractivity contribution is 0.492. The molecule has 1 fully saturated rings. The Morgan fingerprint density at radius 1 is 1.29 bits per heavy atom. The second-order valence-electron chi connectivity index (χ2n) is 4.29. The van der Waals surface area contributed by atoms with E-state index in [9.17, 15) is 0 Å². The van der Waals surface area contributed by atoms with Crippen molar-refractivity contribution in [3.8, 4) is 0 Å². The molecule has 0 radical (unpaired) electrons. The maximum atomic E-state index is 5.63. The quantitative estimate of drug-likeness (QED) is 0.566. The van der Waals surface area contributed by atoms with Gasteiger partial charge in [-0.2, -0.15) is 0 Å². The second-order valence-corrected chi connectivity index (χ2v) is 4.29. The molecule has 1 aromatic rings. The van der Waals surface area contributed by atoms with Gasteiger partial charge < -0.3 is 0 Å². The summed E-state index contributed by atoms with van der Waals surface area (Å²) in [5, 5.41) is 0. The van der Waals surface area contributed by atoms with E-state index in [-0.39, 0.29) is 0 Å². The van der Waals surface area contributed by atoms with E-state index >= 15 is 0 Å². The molecule has 0 saturated heterocycles. The first kappa shape index (κ1) is 9.69. The van der Waals surface area contributed by atoms with Crippen molar-refractivity contribution in [3.05, 3.63) is 34.9 Å². The summed E-state index contributed by atoms with van der Waals surface area (Å²) in [6.45, 7) is 4.32. The molecule has 0 spiro atoms. The Balaban J connectivity index is 2.36. The third-order valence-corrected chi connectivity index (χ3v) is 3.13. The van der Waals surface area contributed by atoms with E-state index in [2.05, 4.69) is 37.5 Å². The average Bonchev–Trinajstić information content (AvgIpc) is 2.95. The highest BCUT2D eigenvalue weighted by Crippen LogP contribution is 2.42. The molecule has 3 N–H and O–H groups in total. The molecule has 76 valence electrons. The van der Waals surface area contributed by atoms with Crippen LogP contribution in [-0.2, 0) is 0 Å². The maximum absolute atomic E-state index is 5.63. The zero-order valence-corrected chi connectivity index (χ0v) is 8.88. The molecule has 1 unspecified atom stereocenters. The van der Waals surface area contributed by atoms with E-state index in [4.69, 9.17) is 5.84 Å². The summed E-state index contributed by atoms with van der Waals surface area (Å²) in [6.07, 6.45) is 2.62. The van der Waals surface area contributed by atoms with Gasteiger partial charge in [-0.25, -0.2) is 0 Å². The number of hydrogen-bond acceptors (Lipinski definition) is 2. The van der Waals surface area contributed by atoms with Crippen molar-refractivity contribution in [2.75, 3.05) is 0 Å². The summed E-state index contributed by atoms with van der Waals surface area (Å²) >= 11 is 0. The summed E-state index contributed by atoms with van der Waals surface area (Å²) in [5.41, 5.74) is 7.06. The van der Waals surface area contributed by atoms with Crippen LogP contribution in [-0.4, -0.2) is 0 Å². The molecule has 0 amide bonds. The van der Waals surface area contributed by atoms with Crippen molar-refractivity contribution in [2.24, 2.45) is 11.8 Å². The number of rotatable bonds is 3. The van der Waals surface area contributed by atoms with Gasteiger partial charge in [-0.15, -0.1) is 0 Å². The normalized spacial score (nSPS) is 18.2. The molecule has 1 atom stereocenters. The largest absolute Gasteiger partial charge is 0.271 e. The first-order valence-corrected chi connectivity index (χ1v) is 5.26. The highest BCUT2D eigenvalue weighted by atomic mass is 15.2. The third kappa shape index (κ3) is 1.68. The van der Waals surface area contributed by atoms with Gasteiger partial charge in [-0.1, -0.05) is 18.2 Å². The fraction of sp³-hybridized carbons (Fsp3) is 0.500. The number of hydrogen-bond donors (Lipinski definition) is 2. The van der Waals surface area contributed by atoms with Gasteiger partial charge in [0.25, 0.3) is 0 Å². The van der Waals surface area contributed by atoms with E-state index in [1.165, 1.54) is 29.5 Å². The molecule has 0 heterocycles. The Morgan fingerprint density at radius 3 is 2.29 bits per heavy atom. The molecular weight excluding hydrogens is 172 g/mol. The molecule has 2 nitrogen and oxygen atoms in total. The molecule has 0 bridgehead atoms. The molecule has 2 heteroatoms. The fourth-order valence-corrected chi connectivity index (χ4v) is 2.20. The molecule has 1 aromatic carbocycles. The van der Waals surface area contributed by atoms with Crippen LogP contribution < -0.4 is 11.3 Å². The van der Waals surface area contributed by atoms with Crippen LogP contribution in [0.15, 0.2) is 18.2 Å². The van der Waals surface area contributed by atoms with Crippen LogP contribution in [0.25, 0.3) is 0 Å². The van der Waals surface area contributed by atoms with Gasteiger partial charge in [0.15, 0.2) is 0 Å². The average molecular weight is 190 g/mol. The molecule has 1 aliphatic carbocycles. The van der Waals surface area contributed by atoms with Crippen molar-refractivity contribution in [2.45, 2.75) is 32.7 Å². The summed E-state index contributed by atoms with van der Waals surface area (Å²) < 4.78 is 0. The number of hydrazine groups is 1. The van der Waals surface area contributed by atoms with Crippen molar-refractivity contribution in [1.29, 1.82) is 0 Å². The van der Waals surface area contributed by atoms with Crippen molar-refractivity contribution in [3.63, 3.8) is 0 Å². The maximum Gasteiger partial charge on any atom is 0.0493 e. The van der Waals surface area contributed by atoms with Crippen LogP contribution in [0.2, 0.25) is 0 Å². The number of aryl methyl sites for hydroxylation is 2. The third-order valence-electron chi connectivity index (χ3n) is 3.13. The second kappa shape index (κ2) is 3.71. The number of nitrogens with two attached hydrogens (primary N) is 1. The van der Waals surface area contributed by atoms with Crippen molar-refractivity contribution >= 4 is 0 Å². The van der Waals surface area contributed by atoms with Crippen LogP contribution in [0.3, 0.4) is 0 Å². The van der Waals surface area contributed by atoms with Crippen molar-refractivity contribution < 1.29 is 0 Å². The Morgan fingerprint density at radius 2 is 1.86 bits per heavy atom. The van der Waals surface area contributed by atoms with Gasteiger partial charge in [0, 0.05) is 6.04 Å². The summed E-state index contributed by atoms with van der Waals surface area (Å²) in [5.74, 6) is 6.38. The minimum Gasteiger partial charge on any atom is -0.271 e. The SMILES string of the molecule is Cc1cccc(C)c1C(NN)C1CC1. The summed E-state index contributed by atoms with van der Waals surface area (Å²) in [4.78, 5) is 0. The minimum atomic E-state index is 0.358. The van der Waals surface area contributed by atoms with E-state index < -0.39 is 0 Å². The lowest BCUT2D eigenvalue weighted by Gasteiger charge is -2.20. The summed E-state index contributed by atoms with van der Waals surface area (Å²) in [6, 6.07) is 6.79. The lowest BCUT2D eigenvalue weighted by Crippen LogP contribution is -2.30. The molecule has 1 saturated carbocycles. The van der Waals surface area contributed by atoms with Crippen LogP contribution in [0.1, 0.15) is 35.6 Å². The zero-order chi connectivity index (χ0) is 10.1. The van der Waals surface area contributed by atoms with E-state index in [0.29, 0.717) is 6.04 Å². The predicted octanol–water partition coefficient (Wildman–Crippen LogP) is 2.22. The van der Waals surface area contributed by atoms with E-state index in [1.54, 1.807) is 0 Å². The molecule has 14 heavy (non-hydrogen) atoms. The summed E-state index contributed by atoms with van der Waals surface area (Å²) in [7, 11) is 0. The Hall–Kier alpha value is -0.860. The fourth-order valence-electron chi connectivity index (χ4n) is 2.20. The van der Waals surface area contributed by atoms with Crippen LogP contribution in [0.5, 0.6) is 0 Å². The number of benzene rings is 1. The van der Waals surface area contributed by atoms with Gasteiger partial charge in [0.05, 0.1) is 0 Å². The van der Waals surface area contributed by atoms with Gasteiger partial charge in [-0.3, -0.25) is 11.3 Å². The van der Waals surface area contributed by atoms with E-state index in [1.807, 2.05) is 0 Å². The smallest absolute Gasteiger partial charge is 0.0493 e. The molecular formula is C12H18N2. The zero-order valence-electron chi connectivity index (χ0n) is 8.88. The Labute approximate surface area is 85.5 Å². The van der Waals surface area contributed by atoms with E-state index in [0.717, 1.165) is 5.92 Å². The molecule has 2 rings (SSSR count). The first-order chi connectivity index (χ1) is 6.74. The highest BCUT2D eigenvalue weighted by molar-refractivity contribution is 5.37. The van der Waals surface area contributed by atoms with Gasteiger partial charge >= 0.3 is 0 Å². The van der Waals surface area contributed by atoms with Gasteiger partial charge in [0.1, 0.15) is 0 Å². The van der Waals surface area contributed by atoms with Crippen molar-refractivity contribution in [1.82, 2.24) is 5.43 Å². The molecule has 0 aliphatic heterocycles. The lowest BCUT2D eigenvalue weighted by atomic mass is 9.94. The van der Waals surface area contributed by atoms with Crippen LogP contribution in [0.4, 0.5) is 0 Å².